The molecular formula is C19H27FN4OS. The standard InChI is InChI=1S/C19H27FN4OS/c1-14(25-4)18-23-17(13-26-18)12-24(3)19(21-2)22-10-6-8-15-7-5-9-16(20)11-15/h5,7,9,11,13-14H,6,8,10,12H2,1-4H3,(H,21,22). The molecule has 1 unspecified atom stereocenters. The average molecular weight is 379 g/mol. The predicted octanol–water partition coefficient (Wildman–Crippen LogP) is 3.63. The first kappa shape index (κ1) is 20.3. The molecule has 1 atom stereocenters. The molecule has 0 saturated carbocycles. The van der Waals surface area contributed by atoms with Gasteiger partial charge in [-0.3, -0.25) is 4.99 Å². The third-order valence-electron chi connectivity index (χ3n) is 4.06. The normalized spacial score (nSPS) is 12.9. The third-order valence-corrected chi connectivity index (χ3v) is 5.11. The Morgan fingerprint density at radius 1 is 1.46 bits per heavy atom. The zero-order valence-electron chi connectivity index (χ0n) is 15.8. The topological polar surface area (TPSA) is 49.8 Å². The van der Waals surface area contributed by atoms with Gasteiger partial charge in [0.25, 0.3) is 0 Å². The molecule has 0 aliphatic carbocycles. The summed E-state index contributed by atoms with van der Waals surface area (Å²) in [6.45, 7) is 3.44. The minimum Gasteiger partial charge on any atom is -0.375 e. The predicted molar refractivity (Wildman–Crippen MR) is 105 cm³/mol. The van der Waals surface area contributed by atoms with Crippen LogP contribution in [0.2, 0.25) is 0 Å². The molecule has 0 fully saturated rings. The average Bonchev–Trinajstić information content (AvgIpc) is 3.09. The number of halogens is 1. The number of methoxy groups -OCH3 is 1. The van der Waals surface area contributed by atoms with Gasteiger partial charge >= 0.3 is 0 Å². The molecule has 0 bridgehead atoms. The summed E-state index contributed by atoms with van der Waals surface area (Å²) in [7, 11) is 5.44. The Hall–Kier alpha value is -1.99. The van der Waals surface area contributed by atoms with Crippen molar-refractivity contribution >= 4 is 17.3 Å². The number of thiazole rings is 1. The molecule has 0 aliphatic rings. The maximum atomic E-state index is 13.2. The molecule has 1 heterocycles. The number of nitrogens with one attached hydrogen (secondary N) is 1. The maximum absolute atomic E-state index is 13.2. The van der Waals surface area contributed by atoms with Crippen LogP contribution in [0.15, 0.2) is 34.6 Å². The molecule has 0 aliphatic heterocycles. The summed E-state index contributed by atoms with van der Waals surface area (Å²) < 4.78 is 18.5. The number of aryl methyl sites for hydroxylation is 1. The first-order valence-corrected chi connectivity index (χ1v) is 9.54. The van der Waals surface area contributed by atoms with Crippen molar-refractivity contribution in [2.45, 2.75) is 32.4 Å². The number of hydrogen-bond donors (Lipinski definition) is 1. The maximum Gasteiger partial charge on any atom is 0.193 e. The minimum atomic E-state index is -0.184. The fourth-order valence-electron chi connectivity index (χ4n) is 2.57. The number of guanidine groups is 1. The number of nitrogens with zero attached hydrogens (tertiary/aromatic N) is 3. The second kappa shape index (κ2) is 10.2. The number of aliphatic imine (C=N–C) groups is 1. The molecule has 0 saturated heterocycles. The van der Waals surface area contributed by atoms with Crippen molar-refractivity contribution in [1.82, 2.24) is 15.2 Å². The zero-order valence-corrected chi connectivity index (χ0v) is 16.6. The third kappa shape index (κ3) is 6.07. The molecule has 26 heavy (non-hydrogen) atoms. The van der Waals surface area contributed by atoms with Crippen LogP contribution in [-0.4, -0.2) is 43.6 Å². The summed E-state index contributed by atoms with van der Waals surface area (Å²) >= 11 is 1.61. The Balaban J connectivity index is 1.79. The SMILES string of the molecule is CN=C(NCCCc1cccc(F)c1)N(C)Cc1csc(C(C)OC)n1. The Kier molecular flexibility index (Phi) is 8.00. The summed E-state index contributed by atoms with van der Waals surface area (Å²) in [5.74, 6) is 0.634. The van der Waals surface area contributed by atoms with Gasteiger partial charge in [-0.1, -0.05) is 12.1 Å². The monoisotopic (exact) mass is 378 g/mol. The summed E-state index contributed by atoms with van der Waals surface area (Å²) in [5.41, 5.74) is 2.01. The van der Waals surface area contributed by atoms with E-state index in [1.165, 1.54) is 6.07 Å². The lowest BCUT2D eigenvalue weighted by Crippen LogP contribution is -2.39. The van der Waals surface area contributed by atoms with E-state index in [1.807, 2.05) is 24.9 Å². The second-order valence-electron chi connectivity index (χ2n) is 6.12. The van der Waals surface area contributed by atoms with Gasteiger partial charge in [0.2, 0.25) is 0 Å². The van der Waals surface area contributed by atoms with Crippen LogP contribution < -0.4 is 5.32 Å². The highest BCUT2D eigenvalue weighted by atomic mass is 32.1. The number of hydrogen-bond acceptors (Lipinski definition) is 4. The quantitative estimate of drug-likeness (QED) is 0.433. The molecule has 0 spiro atoms. The fraction of sp³-hybridized carbons (Fsp3) is 0.474. The molecule has 1 N–H and O–H groups in total. The first-order chi connectivity index (χ1) is 12.5. The van der Waals surface area contributed by atoms with Crippen molar-refractivity contribution in [3.8, 4) is 0 Å². The highest BCUT2D eigenvalue weighted by Crippen LogP contribution is 2.20. The van der Waals surface area contributed by atoms with E-state index in [0.717, 1.165) is 41.6 Å². The molecule has 1 aromatic heterocycles. The Labute approximate surface area is 158 Å². The van der Waals surface area contributed by atoms with Gasteiger partial charge in [-0.15, -0.1) is 11.3 Å². The molecule has 7 heteroatoms. The van der Waals surface area contributed by atoms with Crippen LogP contribution in [0.5, 0.6) is 0 Å². The Bertz CT molecular complexity index is 719. The number of ether oxygens (including phenoxy) is 1. The van der Waals surface area contributed by atoms with Gasteiger partial charge in [-0.05, 0) is 37.5 Å². The van der Waals surface area contributed by atoms with Gasteiger partial charge in [0, 0.05) is 33.1 Å². The molecule has 142 valence electrons. The lowest BCUT2D eigenvalue weighted by molar-refractivity contribution is 0.119. The van der Waals surface area contributed by atoms with Crippen molar-refractivity contribution in [3.63, 3.8) is 0 Å². The van der Waals surface area contributed by atoms with Crippen LogP contribution in [0.3, 0.4) is 0 Å². The zero-order chi connectivity index (χ0) is 18.9. The molecular weight excluding hydrogens is 351 g/mol. The molecule has 5 nitrogen and oxygen atoms in total. The van der Waals surface area contributed by atoms with E-state index in [1.54, 1.807) is 37.6 Å². The Morgan fingerprint density at radius 2 is 2.27 bits per heavy atom. The van der Waals surface area contributed by atoms with Gasteiger partial charge in [-0.25, -0.2) is 9.37 Å². The van der Waals surface area contributed by atoms with Crippen LogP contribution in [0, 0.1) is 5.82 Å². The molecule has 0 amide bonds. The molecule has 0 radical (unpaired) electrons. The van der Waals surface area contributed by atoms with Crippen LogP contribution in [0.4, 0.5) is 4.39 Å². The van der Waals surface area contributed by atoms with Gasteiger partial charge in [0.1, 0.15) is 16.9 Å². The molecule has 2 aromatic rings. The van der Waals surface area contributed by atoms with Gasteiger partial charge < -0.3 is 15.0 Å². The fourth-order valence-corrected chi connectivity index (χ4v) is 3.41. The lowest BCUT2D eigenvalue weighted by Gasteiger charge is -2.21. The van der Waals surface area contributed by atoms with Gasteiger partial charge in [0.15, 0.2) is 5.96 Å². The number of benzene rings is 1. The van der Waals surface area contributed by atoms with E-state index >= 15 is 0 Å². The van der Waals surface area contributed by atoms with Crippen molar-refractivity contribution < 1.29 is 9.13 Å². The first-order valence-electron chi connectivity index (χ1n) is 8.66. The summed E-state index contributed by atoms with van der Waals surface area (Å²) in [5, 5.41) is 6.38. The van der Waals surface area contributed by atoms with Crippen LogP contribution in [-0.2, 0) is 17.7 Å². The van der Waals surface area contributed by atoms with Crippen molar-refractivity contribution in [2.75, 3.05) is 27.7 Å². The van der Waals surface area contributed by atoms with Gasteiger partial charge in [0.05, 0.1) is 12.2 Å². The van der Waals surface area contributed by atoms with Crippen LogP contribution in [0.1, 0.15) is 35.7 Å². The van der Waals surface area contributed by atoms with E-state index in [2.05, 4.69) is 20.7 Å². The minimum absolute atomic E-state index is 0.0133. The van der Waals surface area contributed by atoms with E-state index in [0.29, 0.717) is 6.54 Å². The molecule has 2 rings (SSSR count). The number of rotatable bonds is 8. The smallest absolute Gasteiger partial charge is 0.193 e. The van der Waals surface area contributed by atoms with E-state index in [-0.39, 0.29) is 11.9 Å². The van der Waals surface area contributed by atoms with Crippen molar-refractivity contribution in [2.24, 2.45) is 4.99 Å². The van der Waals surface area contributed by atoms with Gasteiger partial charge in [-0.2, -0.15) is 0 Å². The highest BCUT2D eigenvalue weighted by Gasteiger charge is 2.12. The van der Waals surface area contributed by atoms with E-state index < -0.39 is 0 Å². The van der Waals surface area contributed by atoms with Crippen LogP contribution in [0.25, 0.3) is 0 Å². The van der Waals surface area contributed by atoms with E-state index in [9.17, 15) is 4.39 Å². The highest BCUT2D eigenvalue weighted by molar-refractivity contribution is 7.09. The Morgan fingerprint density at radius 3 is 2.96 bits per heavy atom. The summed E-state index contributed by atoms with van der Waals surface area (Å²) in [6.07, 6.45) is 1.75. The second-order valence-corrected chi connectivity index (χ2v) is 7.01. The largest absolute Gasteiger partial charge is 0.375 e. The van der Waals surface area contributed by atoms with Crippen LogP contribution >= 0.6 is 11.3 Å². The van der Waals surface area contributed by atoms with Crippen molar-refractivity contribution in [3.05, 3.63) is 51.7 Å². The van der Waals surface area contributed by atoms with Crippen molar-refractivity contribution in [1.29, 1.82) is 0 Å². The lowest BCUT2D eigenvalue weighted by atomic mass is 10.1. The summed E-state index contributed by atoms with van der Waals surface area (Å²) in [6, 6.07) is 6.75. The number of aromatic nitrogens is 1. The van der Waals surface area contributed by atoms with E-state index in [4.69, 9.17) is 4.74 Å². The molecule has 1 aromatic carbocycles. The summed E-state index contributed by atoms with van der Waals surface area (Å²) in [4.78, 5) is 11.0.